The second kappa shape index (κ2) is 11.0. The fourth-order valence-electron chi connectivity index (χ4n) is 5.12. The lowest BCUT2D eigenvalue weighted by Crippen LogP contribution is -2.55. The summed E-state index contributed by atoms with van der Waals surface area (Å²) < 4.78 is 27.8. The molecule has 0 spiro atoms. The predicted octanol–water partition coefficient (Wildman–Crippen LogP) is 2.30. The number of rotatable bonds is 6. The second-order valence-corrected chi connectivity index (χ2v) is 10.00. The van der Waals surface area contributed by atoms with Crippen LogP contribution in [0.4, 0.5) is 8.78 Å². The number of amides is 2. The van der Waals surface area contributed by atoms with Gasteiger partial charge in [-0.2, -0.15) is 0 Å². The summed E-state index contributed by atoms with van der Waals surface area (Å²) >= 11 is 0. The van der Waals surface area contributed by atoms with Crippen LogP contribution in [-0.2, 0) is 16.1 Å². The Hall–Kier alpha value is -3.96. The molecule has 204 valence electrons. The molecule has 0 bridgehead atoms. The van der Waals surface area contributed by atoms with Crippen molar-refractivity contribution < 1.29 is 28.3 Å². The standard InChI is InChI=1S/C28H29F2N5O4/c1-32-8-11-34(12-9-32)25(37)17-35-13-10-33(16-24(35)36)15-22-26(28(38)39)21-14-20(30)6-7-23(21)31-27(22)18-2-4-19(29)5-3-18/h2-7,14H,8-13,15-17H2,1H3,(H,38,39). The van der Waals surface area contributed by atoms with E-state index in [1.54, 1.807) is 9.80 Å². The van der Waals surface area contributed by atoms with Crippen molar-refractivity contribution in [1.82, 2.24) is 24.6 Å². The monoisotopic (exact) mass is 537 g/mol. The predicted molar refractivity (Wildman–Crippen MR) is 140 cm³/mol. The maximum Gasteiger partial charge on any atom is 0.336 e. The lowest BCUT2D eigenvalue weighted by molar-refractivity contribution is -0.144. The number of benzene rings is 2. The van der Waals surface area contributed by atoms with Crippen molar-refractivity contribution in [3.8, 4) is 11.3 Å². The topological polar surface area (TPSA) is 97.3 Å². The van der Waals surface area contributed by atoms with Crippen molar-refractivity contribution in [2.24, 2.45) is 0 Å². The molecule has 3 aromatic rings. The van der Waals surface area contributed by atoms with E-state index in [9.17, 15) is 28.3 Å². The van der Waals surface area contributed by atoms with Crippen molar-refractivity contribution in [3.63, 3.8) is 0 Å². The van der Waals surface area contributed by atoms with Crippen LogP contribution in [0.15, 0.2) is 42.5 Å². The second-order valence-electron chi connectivity index (χ2n) is 10.00. The highest BCUT2D eigenvalue weighted by molar-refractivity contribution is 6.05. The van der Waals surface area contributed by atoms with Crippen molar-refractivity contribution in [1.29, 1.82) is 0 Å². The average molecular weight is 538 g/mol. The van der Waals surface area contributed by atoms with Gasteiger partial charge < -0.3 is 19.8 Å². The fraction of sp³-hybridized carbons (Fsp3) is 0.357. The molecule has 3 heterocycles. The number of nitrogens with zero attached hydrogens (tertiary/aromatic N) is 5. The van der Waals surface area contributed by atoms with E-state index in [1.165, 1.54) is 41.3 Å². The number of carbonyl (C=O) groups is 3. The zero-order valence-corrected chi connectivity index (χ0v) is 21.6. The number of carbonyl (C=O) groups excluding carboxylic acids is 2. The lowest BCUT2D eigenvalue weighted by Gasteiger charge is -2.37. The Morgan fingerprint density at radius 2 is 1.64 bits per heavy atom. The first-order valence-corrected chi connectivity index (χ1v) is 12.8. The summed E-state index contributed by atoms with van der Waals surface area (Å²) in [7, 11) is 2.00. The molecule has 2 amide bonds. The van der Waals surface area contributed by atoms with Crippen LogP contribution in [0.1, 0.15) is 15.9 Å². The molecule has 0 saturated carbocycles. The van der Waals surface area contributed by atoms with Crippen molar-refractivity contribution >= 4 is 28.7 Å². The summed E-state index contributed by atoms with van der Waals surface area (Å²) in [5.74, 6) is -2.62. The Kier molecular flexibility index (Phi) is 7.53. The van der Waals surface area contributed by atoms with Gasteiger partial charge in [0.05, 0.1) is 29.9 Å². The Morgan fingerprint density at radius 3 is 2.31 bits per heavy atom. The number of carboxylic acid groups (broad SMARTS) is 1. The van der Waals surface area contributed by atoms with E-state index in [-0.39, 0.29) is 42.4 Å². The van der Waals surface area contributed by atoms with E-state index < -0.39 is 17.6 Å². The van der Waals surface area contributed by atoms with Gasteiger partial charge in [-0.25, -0.2) is 18.6 Å². The molecule has 1 aromatic heterocycles. The number of halogens is 2. The third kappa shape index (κ3) is 5.74. The molecule has 0 unspecified atom stereocenters. The normalized spacial score (nSPS) is 17.2. The largest absolute Gasteiger partial charge is 0.478 e. The molecular formula is C28H29F2N5O4. The zero-order valence-electron chi connectivity index (χ0n) is 21.6. The van der Waals surface area contributed by atoms with Crippen molar-refractivity contribution in [2.75, 3.05) is 59.4 Å². The molecule has 0 aliphatic carbocycles. The molecule has 0 atom stereocenters. The first kappa shape index (κ1) is 26.6. The van der Waals surface area contributed by atoms with Gasteiger partial charge in [-0.3, -0.25) is 14.5 Å². The van der Waals surface area contributed by atoms with Gasteiger partial charge in [0.1, 0.15) is 11.6 Å². The number of aromatic carboxylic acids is 1. The van der Waals surface area contributed by atoms with E-state index in [2.05, 4.69) is 9.88 Å². The highest BCUT2D eigenvalue weighted by atomic mass is 19.1. The number of likely N-dealkylation sites (N-methyl/N-ethyl adjacent to an activating group) is 1. The average Bonchev–Trinajstić information content (AvgIpc) is 2.90. The lowest BCUT2D eigenvalue weighted by atomic mass is 9.96. The van der Waals surface area contributed by atoms with E-state index in [4.69, 9.17) is 0 Å². The number of hydrogen-bond donors (Lipinski definition) is 1. The minimum absolute atomic E-state index is 0.00833. The molecule has 1 N–H and O–H groups in total. The van der Waals surface area contributed by atoms with Crippen LogP contribution in [0.3, 0.4) is 0 Å². The molecule has 2 aromatic carbocycles. The molecular weight excluding hydrogens is 508 g/mol. The van der Waals surface area contributed by atoms with Gasteiger partial charge in [0, 0.05) is 62.3 Å². The Labute approximate surface area is 224 Å². The van der Waals surface area contributed by atoms with Gasteiger partial charge in [-0.15, -0.1) is 0 Å². The van der Waals surface area contributed by atoms with E-state index in [0.29, 0.717) is 48.5 Å². The molecule has 2 aliphatic rings. The SMILES string of the molecule is CN1CCN(C(=O)CN2CCN(Cc3c(-c4ccc(F)cc4)nc4ccc(F)cc4c3C(=O)O)CC2=O)CC1. The van der Waals surface area contributed by atoms with E-state index in [1.807, 2.05) is 7.05 Å². The van der Waals surface area contributed by atoms with Gasteiger partial charge in [0.25, 0.3) is 0 Å². The molecule has 39 heavy (non-hydrogen) atoms. The zero-order chi connectivity index (χ0) is 27.7. The summed E-state index contributed by atoms with van der Waals surface area (Å²) in [6.45, 7) is 3.60. The number of pyridine rings is 1. The number of aromatic nitrogens is 1. The van der Waals surface area contributed by atoms with E-state index in [0.717, 1.165) is 19.2 Å². The van der Waals surface area contributed by atoms with Gasteiger partial charge >= 0.3 is 5.97 Å². The molecule has 0 radical (unpaired) electrons. The summed E-state index contributed by atoms with van der Waals surface area (Å²) in [6, 6.07) is 9.29. The number of piperazine rings is 2. The van der Waals surface area contributed by atoms with E-state index >= 15 is 0 Å². The molecule has 2 aliphatic heterocycles. The number of hydrogen-bond acceptors (Lipinski definition) is 6. The molecule has 11 heteroatoms. The summed E-state index contributed by atoms with van der Waals surface area (Å²) in [6.07, 6.45) is 0. The van der Waals surface area contributed by atoms with Crippen LogP contribution in [0, 0.1) is 11.6 Å². The van der Waals surface area contributed by atoms with Crippen LogP contribution < -0.4 is 0 Å². The first-order valence-electron chi connectivity index (χ1n) is 12.8. The highest BCUT2D eigenvalue weighted by Crippen LogP contribution is 2.32. The first-order chi connectivity index (χ1) is 18.7. The molecule has 2 saturated heterocycles. The summed E-state index contributed by atoms with van der Waals surface area (Å²) in [5.41, 5.74) is 1.32. The molecule has 2 fully saturated rings. The quantitative estimate of drug-likeness (QED) is 0.516. The Balaban J connectivity index is 1.41. The third-order valence-electron chi connectivity index (χ3n) is 7.34. The van der Waals surface area contributed by atoms with Crippen LogP contribution >= 0.6 is 0 Å². The van der Waals surface area contributed by atoms with Gasteiger partial charge in [-0.05, 0) is 49.5 Å². The molecule has 9 nitrogen and oxygen atoms in total. The third-order valence-corrected chi connectivity index (χ3v) is 7.34. The van der Waals surface area contributed by atoms with Crippen LogP contribution in [0.5, 0.6) is 0 Å². The summed E-state index contributed by atoms with van der Waals surface area (Å²) in [5, 5.41) is 10.3. The smallest absolute Gasteiger partial charge is 0.336 e. The van der Waals surface area contributed by atoms with Gasteiger partial charge in [0.15, 0.2) is 0 Å². The van der Waals surface area contributed by atoms with Crippen molar-refractivity contribution in [3.05, 3.63) is 65.2 Å². The Morgan fingerprint density at radius 1 is 0.949 bits per heavy atom. The maximum absolute atomic E-state index is 14.1. The highest BCUT2D eigenvalue weighted by Gasteiger charge is 2.30. The van der Waals surface area contributed by atoms with Gasteiger partial charge in [0.2, 0.25) is 11.8 Å². The van der Waals surface area contributed by atoms with Gasteiger partial charge in [-0.1, -0.05) is 0 Å². The number of fused-ring (bicyclic) bond motifs is 1. The Bertz CT molecular complexity index is 1420. The minimum atomic E-state index is -1.26. The van der Waals surface area contributed by atoms with Crippen molar-refractivity contribution in [2.45, 2.75) is 6.54 Å². The van der Waals surface area contributed by atoms with Crippen LogP contribution in [-0.4, -0.2) is 107 Å². The molecule has 5 rings (SSSR count). The fourth-order valence-corrected chi connectivity index (χ4v) is 5.12. The minimum Gasteiger partial charge on any atom is -0.478 e. The van der Waals surface area contributed by atoms with Crippen LogP contribution in [0.25, 0.3) is 22.2 Å². The summed E-state index contributed by atoms with van der Waals surface area (Å²) in [4.78, 5) is 50.1. The maximum atomic E-state index is 14.1. The number of carboxylic acids is 1. The van der Waals surface area contributed by atoms with Crippen LogP contribution in [0.2, 0.25) is 0 Å².